The van der Waals surface area contributed by atoms with Crippen LogP contribution in [0.25, 0.3) is 0 Å². The summed E-state index contributed by atoms with van der Waals surface area (Å²) in [4.78, 5) is 0. The first kappa shape index (κ1) is 16.9. The van der Waals surface area contributed by atoms with Crippen LogP contribution in [0.1, 0.15) is 11.1 Å². The van der Waals surface area contributed by atoms with E-state index < -0.39 is 11.7 Å². The highest BCUT2D eigenvalue weighted by atomic mass is 35.5. The second-order valence-electron chi connectivity index (χ2n) is 4.45. The predicted molar refractivity (Wildman–Crippen MR) is 78.7 cm³/mol. The minimum atomic E-state index is -4.52. The Morgan fingerprint density at radius 1 is 1.05 bits per heavy atom. The molecule has 2 aromatic rings. The lowest BCUT2D eigenvalue weighted by Gasteiger charge is -2.13. The van der Waals surface area contributed by atoms with Gasteiger partial charge in [0.05, 0.1) is 22.2 Å². The van der Waals surface area contributed by atoms with Gasteiger partial charge in [-0.15, -0.1) is 0 Å². The third kappa shape index (κ3) is 4.06. The first-order chi connectivity index (χ1) is 10.3. The van der Waals surface area contributed by atoms with E-state index in [4.69, 9.17) is 32.7 Å². The fraction of sp³-hybridized carbons (Fsp3) is 0.200. The van der Waals surface area contributed by atoms with Crippen LogP contribution in [0.3, 0.4) is 0 Å². The standard InChI is InChI=1S/C15H11Cl2F3O2/c1-21-8-9-3-2-4-11(5-9)22-14-12(16)6-10(7-13(14)17)15(18,19)20/h2-7H,8H2,1H3. The molecule has 0 atom stereocenters. The van der Waals surface area contributed by atoms with Gasteiger partial charge in [-0.25, -0.2) is 0 Å². The molecule has 0 unspecified atom stereocenters. The summed E-state index contributed by atoms with van der Waals surface area (Å²) in [6.45, 7) is 0.381. The van der Waals surface area contributed by atoms with E-state index in [1.54, 1.807) is 25.3 Å². The number of alkyl halides is 3. The van der Waals surface area contributed by atoms with Crippen molar-refractivity contribution >= 4 is 23.2 Å². The normalized spacial score (nSPS) is 11.5. The minimum absolute atomic E-state index is 0.0223. The van der Waals surface area contributed by atoms with E-state index in [1.165, 1.54) is 0 Å². The second kappa shape index (κ2) is 6.77. The van der Waals surface area contributed by atoms with Crippen molar-refractivity contribution in [2.75, 3.05) is 7.11 Å². The monoisotopic (exact) mass is 350 g/mol. The zero-order chi connectivity index (χ0) is 16.3. The number of hydrogen-bond donors (Lipinski definition) is 0. The average molecular weight is 351 g/mol. The van der Waals surface area contributed by atoms with Gasteiger partial charge >= 0.3 is 6.18 Å². The molecule has 0 aliphatic heterocycles. The summed E-state index contributed by atoms with van der Waals surface area (Å²) in [6.07, 6.45) is -4.52. The third-order valence-electron chi connectivity index (χ3n) is 2.75. The molecule has 0 radical (unpaired) electrons. The lowest BCUT2D eigenvalue weighted by molar-refractivity contribution is -0.137. The van der Waals surface area contributed by atoms with Crippen LogP contribution < -0.4 is 4.74 Å². The van der Waals surface area contributed by atoms with Crippen LogP contribution in [0.4, 0.5) is 13.2 Å². The fourth-order valence-electron chi connectivity index (χ4n) is 1.80. The number of benzene rings is 2. The van der Waals surface area contributed by atoms with Gasteiger partial charge in [0.1, 0.15) is 5.75 Å². The van der Waals surface area contributed by atoms with Gasteiger partial charge in [0.15, 0.2) is 5.75 Å². The van der Waals surface area contributed by atoms with Crippen molar-refractivity contribution in [3.05, 3.63) is 57.6 Å². The van der Waals surface area contributed by atoms with Crippen LogP contribution in [-0.2, 0) is 17.5 Å². The SMILES string of the molecule is COCc1cccc(Oc2c(Cl)cc(C(F)(F)F)cc2Cl)c1. The van der Waals surface area contributed by atoms with Gasteiger partial charge in [-0.1, -0.05) is 35.3 Å². The van der Waals surface area contributed by atoms with Crippen LogP contribution in [0.2, 0.25) is 10.0 Å². The molecule has 0 heterocycles. The molecule has 0 amide bonds. The molecule has 0 fully saturated rings. The average Bonchev–Trinajstić information content (AvgIpc) is 2.42. The summed E-state index contributed by atoms with van der Waals surface area (Å²) in [6, 6.07) is 8.45. The van der Waals surface area contributed by atoms with Crippen LogP contribution >= 0.6 is 23.2 Å². The molecule has 0 spiro atoms. The van der Waals surface area contributed by atoms with Crippen molar-refractivity contribution in [1.29, 1.82) is 0 Å². The Kier molecular flexibility index (Phi) is 5.21. The summed E-state index contributed by atoms with van der Waals surface area (Å²) >= 11 is 11.7. The van der Waals surface area contributed by atoms with Gasteiger partial charge in [-0.05, 0) is 29.8 Å². The van der Waals surface area contributed by atoms with Crippen molar-refractivity contribution in [3.63, 3.8) is 0 Å². The van der Waals surface area contributed by atoms with E-state index in [-0.39, 0.29) is 15.8 Å². The van der Waals surface area contributed by atoms with E-state index >= 15 is 0 Å². The minimum Gasteiger partial charge on any atom is -0.454 e. The maximum atomic E-state index is 12.7. The van der Waals surface area contributed by atoms with Crippen LogP contribution in [0.15, 0.2) is 36.4 Å². The highest BCUT2D eigenvalue weighted by molar-refractivity contribution is 6.37. The third-order valence-corrected chi connectivity index (χ3v) is 3.32. The van der Waals surface area contributed by atoms with Crippen molar-refractivity contribution in [1.82, 2.24) is 0 Å². The summed E-state index contributed by atoms with van der Waals surface area (Å²) < 4.78 is 48.5. The van der Waals surface area contributed by atoms with Crippen LogP contribution in [-0.4, -0.2) is 7.11 Å². The zero-order valence-corrected chi connectivity index (χ0v) is 12.9. The predicted octanol–water partition coefficient (Wildman–Crippen LogP) is 5.95. The van der Waals surface area contributed by atoms with Gasteiger partial charge in [0.25, 0.3) is 0 Å². The summed E-state index contributed by atoms with van der Waals surface area (Å²) in [7, 11) is 1.55. The lowest BCUT2D eigenvalue weighted by atomic mass is 10.2. The van der Waals surface area contributed by atoms with Crippen molar-refractivity contribution in [2.24, 2.45) is 0 Å². The van der Waals surface area contributed by atoms with Gasteiger partial charge < -0.3 is 9.47 Å². The Labute approximate surface area is 135 Å². The highest BCUT2D eigenvalue weighted by Crippen LogP contribution is 2.41. The lowest BCUT2D eigenvalue weighted by Crippen LogP contribution is -2.05. The first-order valence-electron chi connectivity index (χ1n) is 6.13. The van der Waals surface area contributed by atoms with Gasteiger partial charge in [0.2, 0.25) is 0 Å². The number of rotatable bonds is 4. The zero-order valence-electron chi connectivity index (χ0n) is 11.4. The van der Waals surface area contributed by atoms with Crippen LogP contribution in [0, 0.1) is 0 Å². The van der Waals surface area contributed by atoms with Gasteiger partial charge in [0, 0.05) is 7.11 Å². The molecule has 0 saturated heterocycles. The Balaban J connectivity index is 2.32. The summed E-state index contributed by atoms with van der Waals surface area (Å²) in [5, 5.41) is -0.422. The van der Waals surface area contributed by atoms with E-state index in [2.05, 4.69) is 0 Å². The second-order valence-corrected chi connectivity index (χ2v) is 5.26. The van der Waals surface area contributed by atoms with Gasteiger partial charge in [-0.2, -0.15) is 13.2 Å². The van der Waals surface area contributed by atoms with E-state index in [0.29, 0.717) is 12.4 Å². The molecule has 0 aliphatic rings. The molecule has 2 nitrogen and oxygen atoms in total. The number of methoxy groups -OCH3 is 1. The highest BCUT2D eigenvalue weighted by Gasteiger charge is 2.32. The number of halogens is 5. The van der Waals surface area contributed by atoms with Crippen molar-refractivity contribution in [3.8, 4) is 11.5 Å². The Hall–Kier alpha value is -1.43. The Morgan fingerprint density at radius 2 is 1.68 bits per heavy atom. The number of hydrogen-bond acceptors (Lipinski definition) is 2. The Bertz CT molecular complexity index is 649. The van der Waals surface area contributed by atoms with Crippen LogP contribution in [0.5, 0.6) is 11.5 Å². The molecule has 0 bridgehead atoms. The largest absolute Gasteiger partial charge is 0.454 e. The molecule has 0 aliphatic carbocycles. The molecule has 2 aromatic carbocycles. The molecular formula is C15H11Cl2F3O2. The molecule has 118 valence electrons. The smallest absolute Gasteiger partial charge is 0.416 e. The summed E-state index contributed by atoms with van der Waals surface area (Å²) in [5.41, 5.74) is -0.0814. The molecular weight excluding hydrogens is 340 g/mol. The van der Waals surface area contributed by atoms with Crippen molar-refractivity contribution in [2.45, 2.75) is 12.8 Å². The fourth-order valence-corrected chi connectivity index (χ4v) is 2.37. The molecule has 0 N–H and O–H groups in total. The molecule has 0 aromatic heterocycles. The van der Waals surface area contributed by atoms with E-state index in [1.807, 2.05) is 6.07 Å². The van der Waals surface area contributed by atoms with E-state index in [9.17, 15) is 13.2 Å². The molecule has 0 saturated carbocycles. The number of ether oxygens (including phenoxy) is 2. The molecule has 22 heavy (non-hydrogen) atoms. The topological polar surface area (TPSA) is 18.5 Å². The van der Waals surface area contributed by atoms with Crippen molar-refractivity contribution < 1.29 is 22.6 Å². The van der Waals surface area contributed by atoms with E-state index in [0.717, 1.165) is 17.7 Å². The Morgan fingerprint density at radius 3 is 2.23 bits per heavy atom. The summed E-state index contributed by atoms with van der Waals surface area (Å²) in [5.74, 6) is 0.379. The molecule has 7 heteroatoms. The molecule has 2 rings (SSSR count). The maximum Gasteiger partial charge on any atom is 0.416 e. The van der Waals surface area contributed by atoms with Gasteiger partial charge in [-0.3, -0.25) is 0 Å². The quantitative estimate of drug-likeness (QED) is 0.678. The maximum absolute atomic E-state index is 12.7. The first-order valence-corrected chi connectivity index (χ1v) is 6.89.